The Morgan fingerprint density at radius 1 is 1.35 bits per heavy atom. The van der Waals surface area contributed by atoms with Crippen molar-refractivity contribution in [2.75, 3.05) is 32.8 Å². The summed E-state index contributed by atoms with van der Waals surface area (Å²) in [5.74, 6) is 2.16. The number of piperidine rings is 1. The Morgan fingerprint density at radius 2 is 2.10 bits per heavy atom. The van der Waals surface area contributed by atoms with Crippen LogP contribution in [0.3, 0.4) is 0 Å². The zero-order valence-corrected chi connectivity index (χ0v) is 12.8. The molecule has 20 heavy (non-hydrogen) atoms. The fraction of sp³-hybridized carbons (Fsp3) is 0.647. The molecule has 1 atom stereocenters. The number of aryl methyl sites for hydroxylation is 1. The summed E-state index contributed by atoms with van der Waals surface area (Å²) in [6, 6.07) is 8.25. The fourth-order valence-corrected chi connectivity index (χ4v) is 3.05. The molecule has 2 N–H and O–H groups in total. The van der Waals surface area contributed by atoms with Crippen molar-refractivity contribution in [3.05, 3.63) is 29.8 Å². The molecule has 1 aromatic rings. The summed E-state index contributed by atoms with van der Waals surface area (Å²) in [6.07, 6.45) is 2.51. The van der Waals surface area contributed by atoms with Gasteiger partial charge >= 0.3 is 0 Å². The summed E-state index contributed by atoms with van der Waals surface area (Å²) in [5.41, 5.74) is 7.21. The smallest absolute Gasteiger partial charge is 0.119 e. The molecule has 1 aromatic carbocycles. The number of hydrogen-bond donors (Lipinski definition) is 1. The minimum Gasteiger partial charge on any atom is -0.493 e. The van der Waals surface area contributed by atoms with Crippen molar-refractivity contribution in [1.82, 2.24) is 4.90 Å². The number of likely N-dealkylation sites (tertiary alicyclic amines) is 1. The van der Waals surface area contributed by atoms with Crippen molar-refractivity contribution in [2.24, 2.45) is 17.6 Å². The molecule has 0 spiro atoms. The van der Waals surface area contributed by atoms with Gasteiger partial charge in [-0.05, 0) is 69.6 Å². The highest BCUT2D eigenvalue weighted by atomic mass is 16.5. The first-order valence-electron chi connectivity index (χ1n) is 7.84. The Hall–Kier alpha value is -1.06. The van der Waals surface area contributed by atoms with E-state index in [4.69, 9.17) is 10.5 Å². The summed E-state index contributed by atoms with van der Waals surface area (Å²) in [4.78, 5) is 2.52. The molecule has 1 saturated heterocycles. The van der Waals surface area contributed by atoms with Gasteiger partial charge in [0.15, 0.2) is 0 Å². The Balaban J connectivity index is 1.83. The molecule has 1 fully saturated rings. The van der Waals surface area contributed by atoms with Crippen LogP contribution in [0.4, 0.5) is 0 Å². The van der Waals surface area contributed by atoms with Gasteiger partial charge in [0, 0.05) is 5.92 Å². The molecule has 0 radical (unpaired) electrons. The van der Waals surface area contributed by atoms with Crippen LogP contribution in [0.2, 0.25) is 0 Å². The minimum absolute atomic E-state index is 0.481. The zero-order chi connectivity index (χ0) is 14.4. The third kappa shape index (κ3) is 4.22. The van der Waals surface area contributed by atoms with E-state index in [-0.39, 0.29) is 0 Å². The molecular weight excluding hydrogens is 248 g/mol. The van der Waals surface area contributed by atoms with E-state index < -0.39 is 0 Å². The maximum atomic E-state index is 5.97. The quantitative estimate of drug-likeness (QED) is 0.868. The molecule has 3 nitrogen and oxygen atoms in total. The van der Waals surface area contributed by atoms with Gasteiger partial charge in [-0.1, -0.05) is 19.1 Å². The van der Waals surface area contributed by atoms with Crippen LogP contribution < -0.4 is 10.5 Å². The van der Waals surface area contributed by atoms with Crippen LogP contribution in [0.25, 0.3) is 0 Å². The van der Waals surface area contributed by atoms with E-state index in [1.54, 1.807) is 0 Å². The van der Waals surface area contributed by atoms with Crippen LogP contribution in [0.5, 0.6) is 5.75 Å². The predicted molar refractivity (Wildman–Crippen MR) is 84.1 cm³/mol. The Kier molecular flexibility index (Phi) is 5.86. The van der Waals surface area contributed by atoms with Crippen LogP contribution in [0.1, 0.15) is 25.3 Å². The van der Waals surface area contributed by atoms with Gasteiger partial charge in [0.2, 0.25) is 0 Å². The first-order chi connectivity index (χ1) is 9.72. The Bertz CT molecular complexity index is 400. The molecule has 0 bridgehead atoms. The number of nitrogens with zero attached hydrogens (tertiary/aromatic N) is 1. The monoisotopic (exact) mass is 276 g/mol. The fourth-order valence-electron chi connectivity index (χ4n) is 3.05. The third-order valence-electron chi connectivity index (χ3n) is 4.50. The second-order valence-electron chi connectivity index (χ2n) is 5.89. The van der Waals surface area contributed by atoms with E-state index in [1.807, 2.05) is 12.1 Å². The van der Waals surface area contributed by atoms with Crippen molar-refractivity contribution in [2.45, 2.75) is 26.7 Å². The van der Waals surface area contributed by atoms with Crippen molar-refractivity contribution >= 4 is 0 Å². The summed E-state index contributed by atoms with van der Waals surface area (Å²) < 4.78 is 5.95. The van der Waals surface area contributed by atoms with Crippen molar-refractivity contribution in [1.29, 1.82) is 0 Å². The highest BCUT2D eigenvalue weighted by Crippen LogP contribution is 2.25. The van der Waals surface area contributed by atoms with Crippen LogP contribution in [-0.4, -0.2) is 37.7 Å². The first-order valence-corrected chi connectivity index (χ1v) is 7.84. The average Bonchev–Trinajstić information content (AvgIpc) is 2.48. The molecule has 0 saturated carbocycles. The second kappa shape index (κ2) is 7.65. The largest absolute Gasteiger partial charge is 0.493 e. The lowest BCUT2D eigenvalue weighted by Crippen LogP contribution is -2.39. The number of ether oxygens (including phenoxy) is 1. The Labute approximate surface area is 123 Å². The van der Waals surface area contributed by atoms with E-state index in [0.717, 1.165) is 18.9 Å². The van der Waals surface area contributed by atoms with Gasteiger partial charge in [-0.2, -0.15) is 0 Å². The first kappa shape index (κ1) is 15.3. The van der Waals surface area contributed by atoms with Gasteiger partial charge in [0.25, 0.3) is 0 Å². The van der Waals surface area contributed by atoms with Gasteiger partial charge in [-0.25, -0.2) is 0 Å². The van der Waals surface area contributed by atoms with Gasteiger partial charge < -0.3 is 15.4 Å². The van der Waals surface area contributed by atoms with Crippen LogP contribution in [0.15, 0.2) is 24.3 Å². The van der Waals surface area contributed by atoms with Crippen LogP contribution in [0, 0.1) is 18.8 Å². The molecule has 2 rings (SSSR count). The highest BCUT2D eigenvalue weighted by molar-refractivity contribution is 5.27. The zero-order valence-electron chi connectivity index (χ0n) is 12.8. The molecule has 0 aromatic heterocycles. The summed E-state index contributed by atoms with van der Waals surface area (Å²) in [6.45, 7) is 9.39. The van der Waals surface area contributed by atoms with Crippen LogP contribution >= 0.6 is 0 Å². The number of rotatable bonds is 6. The van der Waals surface area contributed by atoms with E-state index >= 15 is 0 Å². The molecule has 112 valence electrons. The Morgan fingerprint density at radius 3 is 2.70 bits per heavy atom. The van der Waals surface area contributed by atoms with E-state index in [2.05, 4.69) is 30.9 Å². The lowest BCUT2D eigenvalue weighted by molar-refractivity contribution is 0.121. The van der Waals surface area contributed by atoms with E-state index in [1.165, 1.54) is 38.0 Å². The van der Waals surface area contributed by atoms with Crippen molar-refractivity contribution < 1.29 is 4.74 Å². The van der Waals surface area contributed by atoms with E-state index in [0.29, 0.717) is 11.8 Å². The lowest BCUT2D eigenvalue weighted by Gasteiger charge is -2.35. The standard InChI is InChI=1S/C17H28N2O/c1-3-19-9-7-15(8-10-19)16(12-18)13-20-17-6-4-5-14(2)11-17/h4-6,11,15-16H,3,7-10,12-13,18H2,1-2H3. The molecule has 1 aliphatic heterocycles. The highest BCUT2D eigenvalue weighted by Gasteiger charge is 2.25. The normalized spacial score (nSPS) is 18.9. The summed E-state index contributed by atoms with van der Waals surface area (Å²) >= 11 is 0. The topological polar surface area (TPSA) is 38.5 Å². The van der Waals surface area contributed by atoms with Crippen LogP contribution in [-0.2, 0) is 0 Å². The molecular formula is C17H28N2O. The molecule has 1 aliphatic rings. The van der Waals surface area contributed by atoms with Gasteiger partial charge in [0.1, 0.15) is 5.75 Å². The third-order valence-corrected chi connectivity index (χ3v) is 4.50. The average molecular weight is 276 g/mol. The molecule has 1 heterocycles. The number of benzene rings is 1. The predicted octanol–water partition coefficient (Wildman–Crippen LogP) is 2.68. The minimum atomic E-state index is 0.481. The van der Waals surface area contributed by atoms with Gasteiger partial charge in [0.05, 0.1) is 6.61 Å². The molecule has 0 aliphatic carbocycles. The second-order valence-corrected chi connectivity index (χ2v) is 5.89. The molecule has 3 heteroatoms. The number of hydrogen-bond acceptors (Lipinski definition) is 3. The van der Waals surface area contributed by atoms with Crippen molar-refractivity contribution in [3.8, 4) is 5.75 Å². The summed E-state index contributed by atoms with van der Waals surface area (Å²) in [5, 5.41) is 0. The SMILES string of the molecule is CCN1CCC(C(CN)COc2cccc(C)c2)CC1. The van der Waals surface area contributed by atoms with Gasteiger partial charge in [-0.15, -0.1) is 0 Å². The maximum Gasteiger partial charge on any atom is 0.119 e. The lowest BCUT2D eigenvalue weighted by atomic mass is 9.84. The molecule has 1 unspecified atom stereocenters. The van der Waals surface area contributed by atoms with Crippen molar-refractivity contribution in [3.63, 3.8) is 0 Å². The van der Waals surface area contributed by atoms with E-state index in [9.17, 15) is 0 Å². The van der Waals surface area contributed by atoms with Gasteiger partial charge in [-0.3, -0.25) is 0 Å². The molecule has 0 amide bonds. The summed E-state index contributed by atoms with van der Waals surface area (Å²) in [7, 11) is 0. The maximum absolute atomic E-state index is 5.97. The number of nitrogens with two attached hydrogens (primary N) is 1.